The van der Waals surface area contributed by atoms with E-state index in [-0.39, 0.29) is 18.0 Å². The smallest absolute Gasteiger partial charge is 0.306 e. The first kappa shape index (κ1) is 17.4. The second-order valence-electron chi connectivity index (χ2n) is 6.32. The molecular weight excluding hydrogens is 230 g/mol. The van der Waals surface area contributed by atoms with Crippen LogP contribution >= 0.6 is 0 Å². The van der Waals surface area contributed by atoms with Crippen molar-refractivity contribution >= 4 is 5.97 Å². The van der Waals surface area contributed by atoms with Gasteiger partial charge in [0.15, 0.2) is 0 Å². The molecule has 1 N–H and O–H groups in total. The van der Waals surface area contributed by atoms with Gasteiger partial charge in [0.2, 0.25) is 0 Å². The summed E-state index contributed by atoms with van der Waals surface area (Å²) < 4.78 is 5.18. The van der Waals surface area contributed by atoms with Crippen LogP contribution in [0.15, 0.2) is 0 Å². The predicted octanol–water partition coefficient (Wildman–Crippen LogP) is 1.92. The van der Waals surface area contributed by atoms with E-state index in [0.717, 1.165) is 6.42 Å². The molecule has 0 aliphatic carbocycles. The number of ether oxygens (including phenoxy) is 1. The minimum absolute atomic E-state index is 0.121. The van der Waals surface area contributed by atoms with Crippen LogP contribution in [0.4, 0.5) is 0 Å². The number of hydrogen-bond donors (Lipinski definition) is 1. The molecule has 0 radical (unpaired) electrons. The third-order valence-corrected chi connectivity index (χ3v) is 2.69. The summed E-state index contributed by atoms with van der Waals surface area (Å²) >= 11 is 0. The number of carbonyl (C=O) groups is 1. The lowest BCUT2D eigenvalue weighted by Crippen LogP contribution is -2.27. The average molecular weight is 259 g/mol. The van der Waals surface area contributed by atoms with Gasteiger partial charge in [0.05, 0.1) is 6.61 Å². The molecule has 0 aromatic carbocycles. The Kier molecular flexibility index (Phi) is 8.20. The van der Waals surface area contributed by atoms with E-state index in [1.54, 1.807) is 0 Å². The molecule has 1 unspecified atom stereocenters. The second-order valence-corrected chi connectivity index (χ2v) is 6.32. The molecular formula is C14H29NO3. The molecule has 0 saturated heterocycles. The van der Waals surface area contributed by atoms with E-state index in [0.29, 0.717) is 32.0 Å². The van der Waals surface area contributed by atoms with Crippen molar-refractivity contribution in [3.05, 3.63) is 0 Å². The van der Waals surface area contributed by atoms with E-state index in [1.807, 2.05) is 11.9 Å². The van der Waals surface area contributed by atoms with Gasteiger partial charge < -0.3 is 14.7 Å². The minimum atomic E-state index is -0.121. The molecule has 0 amide bonds. The summed E-state index contributed by atoms with van der Waals surface area (Å²) in [4.78, 5) is 13.5. The van der Waals surface area contributed by atoms with E-state index in [2.05, 4.69) is 27.7 Å². The fraction of sp³-hybridized carbons (Fsp3) is 0.929. The number of rotatable bonds is 8. The lowest BCUT2D eigenvalue weighted by molar-refractivity contribution is -0.145. The average Bonchev–Trinajstić information content (AvgIpc) is 2.14. The maximum absolute atomic E-state index is 11.6. The number of aliphatic hydroxyl groups excluding tert-OH is 1. The maximum Gasteiger partial charge on any atom is 0.306 e. The Morgan fingerprint density at radius 1 is 1.33 bits per heavy atom. The zero-order valence-electron chi connectivity index (χ0n) is 12.5. The molecule has 0 rings (SSSR count). The van der Waals surface area contributed by atoms with Crippen LogP contribution in [0.25, 0.3) is 0 Å². The first-order valence-electron chi connectivity index (χ1n) is 6.69. The highest BCUT2D eigenvalue weighted by Crippen LogP contribution is 2.25. The van der Waals surface area contributed by atoms with Crippen LogP contribution in [-0.4, -0.2) is 49.3 Å². The summed E-state index contributed by atoms with van der Waals surface area (Å²) in [7, 11) is 1.90. The van der Waals surface area contributed by atoms with Crippen LogP contribution in [0, 0.1) is 11.3 Å². The molecule has 0 aromatic rings. The molecule has 4 nitrogen and oxygen atoms in total. The third kappa shape index (κ3) is 10.5. The molecule has 0 fully saturated rings. The van der Waals surface area contributed by atoms with Gasteiger partial charge >= 0.3 is 5.97 Å². The largest absolute Gasteiger partial charge is 0.464 e. The van der Waals surface area contributed by atoms with Gasteiger partial charge in [0.1, 0.15) is 6.61 Å². The van der Waals surface area contributed by atoms with Gasteiger partial charge in [-0.1, -0.05) is 27.7 Å². The number of likely N-dealkylation sites (N-methyl/N-ethyl adjacent to an activating group) is 1. The standard InChI is InChI=1S/C14H29NO3/c1-12(11-14(2,3)4)10-13(17)18-9-7-15(5)6-8-16/h12,16H,6-11H2,1-5H3. The Labute approximate surface area is 111 Å². The van der Waals surface area contributed by atoms with Gasteiger partial charge in [-0.3, -0.25) is 4.79 Å². The molecule has 0 heterocycles. The number of nitrogens with zero attached hydrogens (tertiary/aromatic N) is 1. The Hall–Kier alpha value is -0.610. The summed E-state index contributed by atoms with van der Waals surface area (Å²) in [5.74, 6) is 0.233. The highest BCUT2D eigenvalue weighted by Gasteiger charge is 2.18. The van der Waals surface area contributed by atoms with Crippen molar-refractivity contribution in [2.24, 2.45) is 11.3 Å². The van der Waals surface area contributed by atoms with E-state index >= 15 is 0 Å². The molecule has 1 atom stereocenters. The van der Waals surface area contributed by atoms with Crippen molar-refractivity contribution in [3.63, 3.8) is 0 Å². The SMILES string of the molecule is CC(CC(=O)OCCN(C)CCO)CC(C)(C)C. The van der Waals surface area contributed by atoms with Gasteiger partial charge in [-0.2, -0.15) is 0 Å². The van der Waals surface area contributed by atoms with Gasteiger partial charge in [-0.15, -0.1) is 0 Å². The lowest BCUT2D eigenvalue weighted by atomic mass is 9.84. The molecule has 0 saturated carbocycles. The number of hydrogen-bond acceptors (Lipinski definition) is 4. The normalized spacial score (nSPS) is 13.7. The maximum atomic E-state index is 11.6. The Balaban J connectivity index is 3.71. The van der Waals surface area contributed by atoms with Crippen molar-refractivity contribution in [1.82, 2.24) is 4.90 Å². The monoisotopic (exact) mass is 259 g/mol. The third-order valence-electron chi connectivity index (χ3n) is 2.69. The Bertz CT molecular complexity index is 236. The van der Waals surface area contributed by atoms with Crippen molar-refractivity contribution in [2.45, 2.75) is 40.5 Å². The zero-order valence-corrected chi connectivity index (χ0v) is 12.5. The minimum Gasteiger partial charge on any atom is -0.464 e. The van der Waals surface area contributed by atoms with E-state index in [9.17, 15) is 4.79 Å². The van der Waals surface area contributed by atoms with E-state index in [1.165, 1.54) is 0 Å². The van der Waals surface area contributed by atoms with Crippen LogP contribution in [0.3, 0.4) is 0 Å². The lowest BCUT2D eigenvalue weighted by Gasteiger charge is -2.22. The van der Waals surface area contributed by atoms with Crippen molar-refractivity contribution in [3.8, 4) is 0 Å². The molecule has 0 spiro atoms. The highest BCUT2D eigenvalue weighted by molar-refractivity contribution is 5.69. The summed E-state index contributed by atoms with van der Waals surface area (Å²) in [5, 5.41) is 8.72. The summed E-state index contributed by atoms with van der Waals surface area (Å²) in [5.41, 5.74) is 0.251. The molecule has 0 aliphatic heterocycles. The number of carbonyl (C=O) groups excluding carboxylic acids is 1. The highest BCUT2D eigenvalue weighted by atomic mass is 16.5. The first-order valence-corrected chi connectivity index (χ1v) is 6.69. The fourth-order valence-corrected chi connectivity index (χ4v) is 2.06. The summed E-state index contributed by atoms with van der Waals surface area (Å²) in [6, 6.07) is 0. The molecule has 4 heteroatoms. The van der Waals surface area contributed by atoms with Crippen molar-refractivity contribution < 1.29 is 14.6 Å². The van der Waals surface area contributed by atoms with Gasteiger partial charge in [0.25, 0.3) is 0 Å². The van der Waals surface area contributed by atoms with E-state index in [4.69, 9.17) is 9.84 Å². The number of aliphatic hydroxyl groups is 1. The summed E-state index contributed by atoms with van der Waals surface area (Å²) in [6.07, 6.45) is 1.51. The Morgan fingerprint density at radius 2 is 1.94 bits per heavy atom. The summed E-state index contributed by atoms with van der Waals surface area (Å²) in [6.45, 7) is 10.4. The van der Waals surface area contributed by atoms with Crippen LogP contribution in [0.5, 0.6) is 0 Å². The van der Waals surface area contributed by atoms with Crippen molar-refractivity contribution in [1.29, 1.82) is 0 Å². The van der Waals surface area contributed by atoms with Crippen LogP contribution < -0.4 is 0 Å². The predicted molar refractivity (Wildman–Crippen MR) is 73.4 cm³/mol. The Morgan fingerprint density at radius 3 is 2.44 bits per heavy atom. The quantitative estimate of drug-likeness (QED) is 0.677. The topological polar surface area (TPSA) is 49.8 Å². The van der Waals surface area contributed by atoms with Gasteiger partial charge in [0, 0.05) is 19.5 Å². The second kappa shape index (κ2) is 8.48. The van der Waals surface area contributed by atoms with Gasteiger partial charge in [-0.25, -0.2) is 0 Å². The number of esters is 1. The molecule has 0 aromatic heterocycles. The molecule has 0 aliphatic rings. The molecule has 18 heavy (non-hydrogen) atoms. The van der Waals surface area contributed by atoms with Gasteiger partial charge in [-0.05, 0) is 24.8 Å². The van der Waals surface area contributed by atoms with Crippen molar-refractivity contribution in [2.75, 3.05) is 33.4 Å². The van der Waals surface area contributed by atoms with E-state index < -0.39 is 0 Å². The van der Waals surface area contributed by atoms with Crippen LogP contribution in [-0.2, 0) is 9.53 Å². The zero-order chi connectivity index (χ0) is 14.2. The first-order chi connectivity index (χ1) is 8.24. The molecule has 108 valence electrons. The van der Waals surface area contributed by atoms with Crippen LogP contribution in [0.1, 0.15) is 40.5 Å². The van der Waals surface area contributed by atoms with Crippen LogP contribution in [0.2, 0.25) is 0 Å². The molecule has 0 bridgehead atoms. The fourth-order valence-electron chi connectivity index (χ4n) is 2.06.